The highest BCUT2D eigenvalue weighted by Gasteiger charge is 2.24. The highest BCUT2D eigenvalue weighted by atomic mass is 31.2. The van der Waals surface area contributed by atoms with E-state index in [-0.39, 0.29) is 0 Å². The van der Waals surface area contributed by atoms with Crippen LogP contribution >= 0.6 is 7.82 Å². The van der Waals surface area contributed by atoms with Crippen LogP contribution in [0.25, 0.3) is 0 Å². The lowest BCUT2D eigenvalue weighted by molar-refractivity contribution is 0.110. The summed E-state index contributed by atoms with van der Waals surface area (Å²) in [6.07, 6.45) is 8.56. The SMILES string of the molecule is C1CN1.CCCCC(CC)COP(=O)(O)OCC(CC)CCCC. The van der Waals surface area contributed by atoms with E-state index in [0.29, 0.717) is 25.0 Å². The molecule has 1 aliphatic heterocycles. The van der Waals surface area contributed by atoms with Crippen molar-refractivity contribution in [1.82, 2.24) is 5.32 Å². The van der Waals surface area contributed by atoms with Gasteiger partial charge in [-0.05, 0) is 24.7 Å². The zero-order valence-corrected chi connectivity index (χ0v) is 17.2. The first-order valence-corrected chi connectivity index (χ1v) is 11.3. The Morgan fingerprint density at radius 3 is 1.54 bits per heavy atom. The second kappa shape index (κ2) is 15.3. The van der Waals surface area contributed by atoms with Crippen LogP contribution in [-0.4, -0.2) is 31.2 Å². The molecular weight excluding hydrogens is 325 g/mol. The summed E-state index contributed by atoms with van der Waals surface area (Å²) in [6.45, 7) is 11.6. The summed E-state index contributed by atoms with van der Waals surface area (Å²) in [5.74, 6) is 0.687. The van der Waals surface area contributed by atoms with E-state index in [2.05, 4.69) is 33.0 Å². The van der Waals surface area contributed by atoms with Crippen LogP contribution in [0.4, 0.5) is 0 Å². The third-order valence-corrected chi connectivity index (χ3v) is 5.23. The van der Waals surface area contributed by atoms with Crippen molar-refractivity contribution < 1.29 is 18.5 Å². The van der Waals surface area contributed by atoms with Gasteiger partial charge in [-0.1, -0.05) is 66.2 Å². The number of nitrogens with one attached hydrogen (secondary N) is 1. The second-order valence-corrected chi connectivity index (χ2v) is 8.10. The van der Waals surface area contributed by atoms with Crippen LogP contribution in [0.3, 0.4) is 0 Å². The molecule has 24 heavy (non-hydrogen) atoms. The van der Waals surface area contributed by atoms with Crippen LogP contribution < -0.4 is 5.32 Å². The van der Waals surface area contributed by atoms with Crippen molar-refractivity contribution in [3.8, 4) is 0 Å². The maximum Gasteiger partial charge on any atom is 0.472 e. The van der Waals surface area contributed by atoms with Crippen molar-refractivity contribution in [2.45, 2.75) is 79.1 Å². The fourth-order valence-corrected chi connectivity index (χ4v) is 3.11. The monoisotopic (exact) mass is 365 g/mol. The molecule has 2 atom stereocenters. The van der Waals surface area contributed by atoms with Gasteiger partial charge in [-0.3, -0.25) is 9.05 Å². The standard InChI is InChI=1S/C16H35O4P.C2H5N/c1-5-9-11-15(7-3)13-19-21(17,18)20-14-16(8-4)12-10-6-2;1-2-3-1/h15-16H,5-14H2,1-4H3,(H,17,18);3H,1-2H2. The first-order valence-electron chi connectivity index (χ1n) is 9.81. The Morgan fingerprint density at radius 2 is 1.29 bits per heavy atom. The molecule has 0 spiro atoms. The number of rotatable bonds is 14. The van der Waals surface area contributed by atoms with E-state index >= 15 is 0 Å². The van der Waals surface area contributed by atoms with E-state index < -0.39 is 7.82 Å². The summed E-state index contributed by atoms with van der Waals surface area (Å²) in [4.78, 5) is 9.77. The number of phosphoric acid groups is 1. The molecule has 1 heterocycles. The topological polar surface area (TPSA) is 77.7 Å². The van der Waals surface area contributed by atoms with Crippen LogP contribution in [0.5, 0.6) is 0 Å². The second-order valence-electron chi connectivity index (χ2n) is 6.64. The van der Waals surface area contributed by atoms with Gasteiger partial charge < -0.3 is 10.2 Å². The maximum absolute atomic E-state index is 11.9. The molecule has 2 unspecified atom stereocenters. The van der Waals surface area contributed by atoms with Gasteiger partial charge in [0.25, 0.3) is 0 Å². The van der Waals surface area contributed by atoms with E-state index in [9.17, 15) is 9.46 Å². The third-order valence-electron chi connectivity index (χ3n) is 4.28. The lowest BCUT2D eigenvalue weighted by Gasteiger charge is -2.20. The Morgan fingerprint density at radius 1 is 0.917 bits per heavy atom. The van der Waals surface area contributed by atoms with Crippen LogP contribution in [-0.2, 0) is 13.6 Å². The van der Waals surface area contributed by atoms with Gasteiger partial charge in [0.1, 0.15) is 0 Å². The molecule has 1 fully saturated rings. The van der Waals surface area contributed by atoms with Gasteiger partial charge in [-0.2, -0.15) is 0 Å². The van der Waals surface area contributed by atoms with Crippen molar-refractivity contribution in [3.63, 3.8) is 0 Å². The fourth-order valence-electron chi connectivity index (χ4n) is 2.23. The average Bonchev–Trinajstić information content (AvgIpc) is 3.44. The van der Waals surface area contributed by atoms with Gasteiger partial charge in [-0.25, -0.2) is 4.57 Å². The van der Waals surface area contributed by atoms with Gasteiger partial charge in [0.05, 0.1) is 13.2 Å². The molecule has 0 aliphatic carbocycles. The summed E-state index contributed by atoms with van der Waals surface area (Å²) < 4.78 is 22.2. The van der Waals surface area contributed by atoms with Crippen LogP contribution in [0.2, 0.25) is 0 Å². The quantitative estimate of drug-likeness (QED) is 0.329. The first kappa shape index (κ1) is 24.1. The Kier molecular flexibility index (Phi) is 15.4. The van der Waals surface area contributed by atoms with E-state index in [4.69, 9.17) is 9.05 Å². The number of unbranched alkanes of at least 4 members (excludes halogenated alkanes) is 2. The molecule has 0 aromatic carbocycles. The summed E-state index contributed by atoms with van der Waals surface area (Å²) in [5.41, 5.74) is 0. The minimum absolute atomic E-state index is 0.316. The van der Waals surface area contributed by atoms with Crippen LogP contribution in [0.1, 0.15) is 79.1 Å². The molecule has 6 heteroatoms. The minimum Gasteiger partial charge on any atom is -0.314 e. The molecule has 1 saturated heterocycles. The molecule has 0 radical (unpaired) electrons. The molecule has 0 bridgehead atoms. The zero-order chi connectivity index (χ0) is 18.3. The van der Waals surface area contributed by atoms with Gasteiger partial charge in [0.2, 0.25) is 0 Å². The summed E-state index contributed by atoms with van der Waals surface area (Å²) in [7, 11) is -3.89. The van der Waals surface area contributed by atoms with E-state index in [1.807, 2.05) is 0 Å². The number of hydrogen-bond donors (Lipinski definition) is 2. The predicted octanol–water partition coefficient (Wildman–Crippen LogP) is 5.14. The molecule has 146 valence electrons. The number of hydrogen-bond acceptors (Lipinski definition) is 4. The smallest absolute Gasteiger partial charge is 0.314 e. The predicted molar refractivity (Wildman–Crippen MR) is 101 cm³/mol. The summed E-state index contributed by atoms with van der Waals surface area (Å²) >= 11 is 0. The van der Waals surface area contributed by atoms with Crippen molar-refractivity contribution >= 4 is 7.82 Å². The zero-order valence-electron chi connectivity index (χ0n) is 16.3. The highest BCUT2D eigenvalue weighted by Crippen LogP contribution is 2.44. The van der Waals surface area contributed by atoms with E-state index in [0.717, 1.165) is 51.4 Å². The van der Waals surface area contributed by atoms with Gasteiger partial charge in [0, 0.05) is 13.1 Å². The van der Waals surface area contributed by atoms with Crippen molar-refractivity contribution in [2.75, 3.05) is 26.3 Å². The van der Waals surface area contributed by atoms with E-state index in [1.54, 1.807) is 0 Å². The summed E-state index contributed by atoms with van der Waals surface area (Å²) in [6, 6.07) is 0. The molecular formula is C18H40NO4P. The van der Waals surface area contributed by atoms with E-state index in [1.165, 1.54) is 13.1 Å². The highest BCUT2D eigenvalue weighted by molar-refractivity contribution is 7.47. The number of phosphoric ester groups is 1. The van der Waals surface area contributed by atoms with Crippen molar-refractivity contribution in [1.29, 1.82) is 0 Å². The Hall–Kier alpha value is 0.0700. The molecule has 0 aromatic rings. The lowest BCUT2D eigenvalue weighted by Crippen LogP contribution is -2.12. The van der Waals surface area contributed by atoms with Gasteiger partial charge >= 0.3 is 7.82 Å². The average molecular weight is 365 g/mol. The largest absolute Gasteiger partial charge is 0.472 e. The van der Waals surface area contributed by atoms with Crippen LogP contribution in [0.15, 0.2) is 0 Å². The molecule has 1 aliphatic rings. The van der Waals surface area contributed by atoms with Gasteiger partial charge in [-0.15, -0.1) is 0 Å². The Bertz CT molecular complexity index is 299. The molecule has 0 aromatic heterocycles. The molecule has 0 saturated carbocycles. The van der Waals surface area contributed by atoms with Crippen molar-refractivity contribution in [2.24, 2.45) is 11.8 Å². The molecule has 0 amide bonds. The maximum atomic E-state index is 11.9. The fraction of sp³-hybridized carbons (Fsp3) is 1.00. The van der Waals surface area contributed by atoms with Gasteiger partial charge in [0.15, 0.2) is 0 Å². The Balaban J connectivity index is 0.00000157. The molecule has 2 N–H and O–H groups in total. The van der Waals surface area contributed by atoms with Crippen LogP contribution in [0, 0.1) is 11.8 Å². The normalized spacial score (nSPS) is 18.2. The molecule has 5 nitrogen and oxygen atoms in total. The summed E-state index contributed by atoms with van der Waals surface area (Å²) in [5, 5.41) is 3.00. The molecule has 1 rings (SSSR count). The Labute approximate surface area is 149 Å². The minimum atomic E-state index is -3.89. The van der Waals surface area contributed by atoms with Crippen molar-refractivity contribution in [3.05, 3.63) is 0 Å². The first-order chi connectivity index (χ1) is 11.5. The third kappa shape index (κ3) is 15.6. The lowest BCUT2D eigenvalue weighted by atomic mass is 10.0.